The molecule has 0 saturated carbocycles. The second-order valence-electron chi connectivity index (χ2n) is 4.70. The topological polar surface area (TPSA) is 90.2 Å². The molecule has 2 N–H and O–H groups in total. The molecule has 0 aliphatic heterocycles. The number of hydrogen-bond acceptors (Lipinski definition) is 5. The van der Waals surface area contributed by atoms with E-state index in [0.29, 0.717) is 25.1 Å². The van der Waals surface area contributed by atoms with E-state index in [9.17, 15) is 8.42 Å². The molecule has 0 saturated heterocycles. The molecule has 6 heteroatoms. The first-order valence-corrected chi connectivity index (χ1v) is 8.22. The predicted molar refractivity (Wildman–Crippen MR) is 77.0 cm³/mol. The lowest BCUT2D eigenvalue weighted by atomic mass is 10.2. The molecule has 1 aromatic rings. The van der Waals surface area contributed by atoms with Gasteiger partial charge in [0.25, 0.3) is 0 Å². The van der Waals surface area contributed by atoms with E-state index in [1.165, 1.54) is 24.3 Å². The highest BCUT2D eigenvalue weighted by Gasteiger charge is 2.13. The van der Waals surface area contributed by atoms with Gasteiger partial charge in [-0.15, -0.1) is 0 Å². The lowest BCUT2D eigenvalue weighted by Gasteiger charge is -2.07. The van der Waals surface area contributed by atoms with Crippen molar-refractivity contribution in [2.24, 2.45) is 0 Å². The molecule has 1 rings (SSSR count). The van der Waals surface area contributed by atoms with Crippen LogP contribution >= 0.6 is 0 Å². The molecule has 0 aliphatic carbocycles. The van der Waals surface area contributed by atoms with Crippen molar-refractivity contribution < 1.29 is 13.5 Å². The van der Waals surface area contributed by atoms with Crippen molar-refractivity contribution in [2.45, 2.75) is 30.8 Å². The van der Waals surface area contributed by atoms with Gasteiger partial charge in [-0.2, -0.15) is 5.26 Å². The summed E-state index contributed by atoms with van der Waals surface area (Å²) in [4.78, 5) is 0.238. The van der Waals surface area contributed by atoms with E-state index in [2.05, 4.69) is 5.32 Å². The Morgan fingerprint density at radius 3 is 2.50 bits per heavy atom. The lowest BCUT2D eigenvalue weighted by Crippen LogP contribution is -2.24. The molecule has 0 aromatic heterocycles. The highest BCUT2D eigenvalue weighted by molar-refractivity contribution is 7.91. The van der Waals surface area contributed by atoms with Gasteiger partial charge in [0, 0.05) is 6.54 Å². The third-order valence-corrected chi connectivity index (χ3v) is 4.60. The normalized spacial score (nSPS) is 12.8. The first-order chi connectivity index (χ1) is 9.45. The maximum absolute atomic E-state index is 12.0. The van der Waals surface area contributed by atoms with Crippen LogP contribution in [-0.4, -0.2) is 38.5 Å². The Labute approximate surface area is 120 Å². The maximum Gasteiger partial charge on any atom is 0.179 e. The Bertz CT molecular complexity index is 545. The standard InChI is InChI=1S/C14H20N2O3S/c1-12(17)3-2-8-16-9-10-20(18,19)14-6-4-13(11-15)5-7-14/h4-7,12,16-17H,2-3,8-10H2,1H3. The second-order valence-corrected chi connectivity index (χ2v) is 6.81. The Kier molecular flexibility index (Phi) is 6.65. The molecular formula is C14H20N2O3S. The largest absolute Gasteiger partial charge is 0.393 e. The average molecular weight is 296 g/mol. The summed E-state index contributed by atoms with van der Waals surface area (Å²) >= 11 is 0. The van der Waals surface area contributed by atoms with Gasteiger partial charge in [-0.05, 0) is 50.6 Å². The Morgan fingerprint density at radius 1 is 1.30 bits per heavy atom. The van der Waals surface area contributed by atoms with Crippen molar-refractivity contribution in [3.8, 4) is 6.07 Å². The van der Waals surface area contributed by atoms with E-state index in [1.807, 2.05) is 6.07 Å². The van der Waals surface area contributed by atoms with Gasteiger partial charge in [-0.25, -0.2) is 8.42 Å². The Balaban J connectivity index is 2.40. The zero-order chi connectivity index (χ0) is 15.0. The van der Waals surface area contributed by atoms with Crippen LogP contribution in [0.15, 0.2) is 29.2 Å². The number of rotatable bonds is 8. The number of nitrogens with zero attached hydrogens (tertiary/aromatic N) is 1. The molecule has 0 radical (unpaired) electrons. The fraction of sp³-hybridized carbons (Fsp3) is 0.500. The maximum atomic E-state index is 12.0. The zero-order valence-corrected chi connectivity index (χ0v) is 12.4. The first-order valence-electron chi connectivity index (χ1n) is 6.57. The first kappa shape index (κ1) is 16.6. The summed E-state index contributed by atoms with van der Waals surface area (Å²) in [6.45, 7) is 2.80. The van der Waals surface area contributed by atoms with Gasteiger partial charge in [-0.1, -0.05) is 0 Å². The molecule has 5 nitrogen and oxygen atoms in total. The molecule has 1 aromatic carbocycles. The summed E-state index contributed by atoms with van der Waals surface area (Å²) in [7, 11) is -3.31. The second kappa shape index (κ2) is 8.00. The van der Waals surface area contributed by atoms with Crippen LogP contribution in [-0.2, 0) is 9.84 Å². The molecule has 0 fully saturated rings. The van der Waals surface area contributed by atoms with Crippen molar-refractivity contribution >= 4 is 9.84 Å². The van der Waals surface area contributed by atoms with Gasteiger partial charge in [0.05, 0.1) is 28.4 Å². The molecule has 1 atom stereocenters. The Morgan fingerprint density at radius 2 is 1.95 bits per heavy atom. The van der Waals surface area contributed by atoms with Gasteiger partial charge in [0.2, 0.25) is 0 Å². The summed E-state index contributed by atoms with van der Waals surface area (Å²) in [5.74, 6) is 0.0214. The average Bonchev–Trinajstić information content (AvgIpc) is 2.42. The summed E-state index contributed by atoms with van der Waals surface area (Å²) < 4.78 is 24.0. The molecule has 0 spiro atoms. The van der Waals surface area contributed by atoms with Crippen LogP contribution < -0.4 is 5.32 Å². The van der Waals surface area contributed by atoms with Gasteiger partial charge in [0.1, 0.15) is 0 Å². The summed E-state index contributed by atoms with van der Waals surface area (Å²) in [5.41, 5.74) is 0.445. The van der Waals surface area contributed by atoms with E-state index >= 15 is 0 Å². The molecule has 0 heterocycles. The number of hydrogen-bond donors (Lipinski definition) is 2. The minimum absolute atomic E-state index is 0.0214. The number of nitrogens with one attached hydrogen (secondary N) is 1. The number of nitriles is 1. The summed E-state index contributed by atoms with van der Waals surface area (Å²) in [5, 5.41) is 20.8. The van der Waals surface area contributed by atoms with Crippen molar-refractivity contribution in [1.29, 1.82) is 5.26 Å². The van der Waals surface area contributed by atoms with E-state index in [1.54, 1.807) is 6.92 Å². The van der Waals surface area contributed by atoms with Gasteiger partial charge >= 0.3 is 0 Å². The van der Waals surface area contributed by atoms with Crippen molar-refractivity contribution in [3.05, 3.63) is 29.8 Å². The summed E-state index contributed by atoms with van der Waals surface area (Å²) in [6, 6.07) is 7.88. The number of benzene rings is 1. The highest BCUT2D eigenvalue weighted by Crippen LogP contribution is 2.11. The van der Waals surface area contributed by atoms with Gasteiger partial charge in [-0.3, -0.25) is 0 Å². The number of sulfone groups is 1. The quantitative estimate of drug-likeness (QED) is 0.701. The van der Waals surface area contributed by atoms with Gasteiger partial charge in [0.15, 0.2) is 9.84 Å². The van der Waals surface area contributed by atoms with E-state index in [4.69, 9.17) is 10.4 Å². The van der Waals surface area contributed by atoms with Crippen molar-refractivity contribution in [1.82, 2.24) is 5.32 Å². The minimum Gasteiger partial charge on any atom is -0.393 e. The zero-order valence-electron chi connectivity index (χ0n) is 11.5. The van der Waals surface area contributed by atoms with Crippen LogP contribution in [0.5, 0.6) is 0 Å². The smallest absolute Gasteiger partial charge is 0.179 e. The third-order valence-electron chi connectivity index (χ3n) is 2.87. The molecule has 0 aliphatic rings. The third kappa shape index (κ3) is 5.70. The van der Waals surface area contributed by atoms with Crippen LogP contribution in [0.2, 0.25) is 0 Å². The van der Waals surface area contributed by atoms with E-state index in [-0.39, 0.29) is 16.8 Å². The Hall–Kier alpha value is -1.42. The van der Waals surface area contributed by atoms with Crippen molar-refractivity contribution in [2.75, 3.05) is 18.8 Å². The highest BCUT2D eigenvalue weighted by atomic mass is 32.2. The monoisotopic (exact) mass is 296 g/mol. The van der Waals surface area contributed by atoms with Gasteiger partial charge < -0.3 is 10.4 Å². The van der Waals surface area contributed by atoms with Crippen molar-refractivity contribution in [3.63, 3.8) is 0 Å². The minimum atomic E-state index is -3.31. The van der Waals surface area contributed by atoms with E-state index < -0.39 is 9.84 Å². The lowest BCUT2D eigenvalue weighted by molar-refractivity contribution is 0.181. The van der Waals surface area contributed by atoms with Crippen LogP contribution in [0, 0.1) is 11.3 Å². The van der Waals surface area contributed by atoms with Crippen LogP contribution in [0.4, 0.5) is 0 Å². The predicted octanol–water partition coefficient (Wildman–Crippen LogP) is 1.08. The van der Waals surface area contributed by atoms with Crippen LogP contribution in [0.3, 0.4) is 0 Å². The molecule has 0 amide bonds. The van der Waals surface area contributed by atoms with Crippen LogP contribution in [0.25, 0.3) is 0 Å². The van der Waals surface area contributed by atoms with E-state index in [0.717, 1.165) is 6.42 Å². The molecule has 1 unspecified atom stereocenters. The van der Waals surface area contributed by atoms with Crippen LogP contribution in [0.1, 0.15) is 25.3 Å². The SMILES string of the molecule is CC(O)CCCNCCS(=O)(=O)c1ccc(C#N)cc1. The number of aliphatic hydroxyl groups excluding tert-OH is 1. The molecule has 20 heavy (non-hydrogen) atoms. The fourth-order valence-electron chi connectivity index (χ4n) is 1.71. The fourth-order valence-corrected chi connectivity index (χ4v) is 2.91. The number of aliphatic hydroxyl groups is 1. The summed E-state index contributed by atoms with van der Waals surface area (Å²) in [6.07, 6.45) is 1.20. The molecular weight excluding hydrogens is 276 g/mol. The molecule has 110 valence electrons. The molecule has 0 bridgehead atoms.